The van der Waals surface area contributed by atoms with Crippen LogP contribution >= 0.6 is 0 Å². The first-order chi connectivity index (χ1) is 9.24. The van der Waals surface area contributed by atoms with Crippen LogP contribution in [0.1, 0.15) is 36.0 Å². The fourth-order valence-corrected chi connectivity index (χ4v) is 2.25. The average molecular weight is 256 g/mol. The predicted molar refractivity (Wildman–Crippen MR) is 76.4 cm³/mol. The first-order valence-electron chi connectivity index (χ1n) is 6.93. The normalized spacial score (nSPS) is 14.6. The Labute approximate surface area is 113 Å². The first-order valence-corrected chi connectivity index (χ1v) is 6.93. The maximum atomic E-state index is 4.64. The molecule has 0 amide bonds. The Kier molecular flexibility index (Phi) is 3.23. The summed E-state index contributed by atoms with van der Waals surface area (Å²) in [7, 11) is 1.99. The lowest BCUT2D eigenvalue weighted by atomic mass is 10.2. The van der Waals surface area contributed by atoms with E-state index in [1.165, 1.54) is 24.1 Å². The molecule has 2 aromatic rings. The van der Waals surface area contributed by atoms with Gasteiger partial charge in [0, 0.05) is 31.6 Å². The van der Waals surface area contributed by atoms with Gasteiger partial charge in [-0.3, -0.25) is 4.68 Å². The minimum Gasteiger partial charge on any atom is -0.384 e. The fourth-order valence-electron chi connectivity index (χ4n) is 2.25. The maximum Gasteiger partial charge on any atom is 0.154 e. The molecule has 100 valence electrons. The van der Waals surface area contributed by atoms with Gasteiger partial charge >= 0.3 is 0 Å². The van der Waals surface area contributed by atoms with Gasteiger partial charge in [0.05, 0.1) is 0 Å². The van der Waals surface area contributed by atoms with Crippen molar-refractivity contribution in [1.82, 2.24) is 14.8 Å². The molecule has 1 N–H and O–H groups in total. The number of hydrogen-bond donors (Lipinski definition) is 1. The minimum absolute atomic E-state index is 0.629. The zero-order valence-electron chi connectivity index (χ0n) is 11.6. The van der Waals surface area contributed by atoms with Crippen LogP contribution in [0, 0.1) is 6.92 Å². The van der Waals surface area contributed by atoms with Crippen LogP contribution in [0.5, 0.6) is 0 Å². The van der Waals surface area contributed by atoms with Crippen LogP contribution in [-0.2, 0) is 13.5 Å². The predicted octanol–water partition coefficient (Wildman–Crippen LogP) is 2.66. The standard InChI is InChI=1S/C15H20N4/c1-11-5-3-4-6-13(11)16-10-9-14-17-15(12-7-8-12)18-19(14)2/h3-6,12,16H,7-10H2,1-2H3. The van der Waals surface area contributed by atoms with Crippen LogP contribution in [0.4, 0.5) is 5.69 Å². The molecule has 1 aliphatic rings. The van der Waals surface area contributed by atoms with E-state index in [-0.39, 0.29) is 0 Å². The van der Waals surface area contributed by atoms with Gasteiger partial charge in [-0.15, -0.1) is 0 Å². The molecule has 3 rings (SSSR count). The second-order valence-corrected chi connectivity index (χ2v) is 5.28. The highest BCUT2D eigenvalue weighted by Gasteiger charge is 2.28. The maximum absolute atomic E-state index is 4.64. The van der Waals surface area contributed by atoms with E-state index in [4.69, 9.17) is 0 Å². The summed E-state index contributed by atoms with van der Waals surface area (Å²) < 4.78 is 1.92. The molecule has 4 nitrogen and oxygen atoms in total. The molecule has 0 spiro atoms. The Morgan fingerprint density at radius 2 is 2.11 bits per heavy atom. The van der Waals surface area contributed by atoms with Gasteiger partial charge in [-0.25, -0.2) is 4.98 Å². The molecule has 0 unspecified atom stereocenters. The topological polar surface area (TPSA) is 42.7 Å². The number of nitrogens with one attached hydrogen (secondary N) is 1. The average Bonchev–Trinajstić information content (AvgIpc) is 3.18. The molecule has 1 saturated carbocycles. The van der Waals surface area contributed by atoms with Gasteiger partial charge < -0.3 is 5.32 Å². The number of nitrogens with zero attached hydrogens (tertiary/aromatic N) is 3. The number of benzene rings is 1. The van der Waals surface area contributed by atoms with E-state index in [0.717, 1.165) is 24.6 Å². The summed E-state index contributed by atoms with van der Waals surface area (Å²) in [6.45, 7) is 3.01. The number of aryl methyl sites for hydroxylation is 2. The number of anilines is 1. The summed E-state index contributed by atoms with van der Waals surface area (Å²) in [6, 6.07) is 8.35. The Balaban J connectivity index is 1.59. The van der Waals surface area contributed by atoms with Gasteiger partial charge in [-0.1, -0.05) is 18.2 Å². The smallest absolute Gasteiger partial charge is 0.154 e. The second-order valence-electron chi connectivity index (χ2n) is 5.28. The molecule has 1 heterocycles. The van der Waals surface area contributed by atoms with E-state index < -0.39 is 0 Å². The molecule has 19 heavy (non-hydrogen) atoms. The number of hydrogen-bond acceptors (Lipinski definition) is 3. The van der Waals surface area contributed by atoms with Gasteiger partial charge in [0.25, 0.3) is 0 Å². The van der Waals surface area contributed by atoms with E-state index >= 15 is 0 Å². The van der Waals surface area contributed by atoms with E-state index in [9.17, 15) is 0 Å². The Morgan fingerprint density at radius 1 is 1.32 bits per heavy atom. The summed E-state index contributed by atoms with van der Waals surface area (Å²) >= 11 is 0. The third kappa shape index (κ3) is 2.78. The number of para-hydroxylation sites is 1. The van der Waals surface area contributed by atoms with Crippen LogP contribution < -0.4 is 5.32 Å². The molecule has 0 atom stereocenters. The molecule has 0 aliphatic heterocycles. The summed E-state index contributed by atoms with van der Waals surface area (Å²) in [5.74, 6) is 2.74. The van der Waals surface area contributed by atoms with Crippen molar-refractivity contribution >= 4 is 5.69 Å². The molecule has 4 heteroatoms. The van der Waals surface area contributed by atoms with Crippen LogP contribution in [0.2, 0.25) is 0 Å². The lowest BCUT2D eigenvalue weighted by Gasteiger charge is -2.08. The highest BCUT2D eigenvalue weighted by molar-refractivity contribution is 5.50. The van der Waals surface area contributed by atoms with Gasteiger partial charge in [0.2, 0.25) is 0 Å². The SMILES string of the molecule is Cc1ccccc1NCCc1nc(C2CC2)nn1C. The molecule has 0 bridgehead atoms. The van der Waals surface area contributed by atoms with Crippen molar-refractivity contribution in [2.75, 3.05) is 11.9 Å². The van der Waals surface area contributed by atoms with Crippen LogP contribution in [0.25, 0.3) is 0 Å². The van der Waals surface area contributed by atoms with Crippen molar-refractivity contribution in [3.63, 3.8) is 0 Å². The molecule has 1 aromatic carbocycles. The van der Waals surface area contributed by atoms with Crippen molar-refractivity contribution < 1.29 is 0 Å². The summed E-state index contributed by atoms with van der Waals surface area (Å²) in [5, 5.41) is 7.96. The van der Waals surface area contributed by atoms with Gasteiger partial charge in [0.1, 0.15) is 5.82 Å². The third-order valence-electron chi connectivity index (χ3n) is 3.62. The molecule has 1 fully saturated rings. The largest absolute Gasteiger partial charge is 0.384 e. The lowest BCUT2D eigenvalue weighted by molar-refractivity contribution is 0.694. The van der Waals surface area contributed by atoms with E-state index in [0.29, 0.717) is 5.92 Å². The molecular formula is C15H20N4. The quantitative estimate of drug-likeness (QED) is 0.894. The van der Waals surface area contributed by atoms with Crippen LogP contribution in [-0.4, -0.2) is 21.3 Å². The zero-order valence-corrected chi connectivity index (χ0v) is 11.6. The fraction of sp³-hybridized carbons (Fsp3) is 0.467. The number of aromatic nitrogens is 3. The van der Waals surface area contributed by atoms with Crippen molar-refractivity contribution in [2.45, 2.75) is 32.1 Å². The van der Waals surface area contributed by atoms with Crippen LogP contribution in [0.15, 0.2) is 24.3 Å². The monoisotopic (exact) mass is 256 g/mol. The van der Waals surface area contributed by atoms with Crippen molar-refractivity contribution in [1.29, 1.82) is 0 Å². The van der Waals surface area contributed by atoms with Crippen molar-refractivity contribution in [3.05, 3.63) is 41.5 Å². The minimum atomic E-state index is 0.629. The molecule has 0 saturated heterocycles. The molecular weight excluding hydrogens is 236 g/mol. The Bertz CT molecular complexity index is 569. The van der Waals surface area contributed by atoms with E-state index in [2.05, 4.69) is 46.6 Å². The van der Waals surface area contributed by atoms with Crippen molar-refractivity contribution in [3.8, 4) is 0 Å². The van der Waals surface area contributed by atoms with Crippen molar-refractivity contribution in [2.24, 2.45) is 7.05 Å². The second kappa shape index (κ2) is 5.03. The first kappa shape index (κ1) is 12.2. The highest BCUT2D eigenvalue weighted by Crippen LogP contribution is 2.37. The molecule has 0 radical (unpaired) electrons. The van der Waals surface area contributed by atoms with Gasteiger partial charge in [-0.05, 0) is 31.4 Å². The highest BCUT2D eigenvalue weighted by atomic mass is 15.3. The van der Waals surface area contributed by atoms with E-state index in [1.807, 2.05) is 11.7 Å². The van der Waals surface area contributed by atoms with Crippen LogP contribution in [0.3, 0.4) is 0 Å². The zero-order chi connectivity index (χ0) is 13.2. The van der Waals surface area contributed by atoms with Gasteiger partial charge in [-0.2, -0.15) is 5.10 Å². The number of rotatable bonds is 5. The third-order valence-corrected chi connectivity index (χ3v) is 3.62. The summed E-state index contributed by atoms with van der Waals surface area (Å²) in [4.78, 5) is 4.64. The van der Waals surface area contributed by atoms with Gasteiger partial charge in [0.15, 0.2) is 5.82 Å². The molecule has 1 aromatic heterocycles. The molecule has 1 aliphatic carbocycles. The lowest BCUT2D eigenvalue weighted by Crippen LogP contribution is -2.09. The summed E-state index contributed by atoms with van der Waals surface area (Å²) in [5.41, 5.74) is 2.48. The Morgan fingerprint density at radius 3 is 2.84 bits per heavy atom. The van der Waals surface area contributed by atoms with E-state index in [1.54, 1.807) is 0 Å². The Hall–Kier alpha value is -1.84. The summed E-state index contributed by atoms with van der Waals surface area (Å²) in [6.07, 6.45) is 3.42.